The minimum atomic E-state index is -0.585. The van der Waals surface area contributed by atoms with Gasteiger partial charge in [-0.05, 0) is 0 Å². The van der Waals surface area contributed by atoms with Crippen LogP contribution in [0.4, 0.5) is 4.79 Å². The van der Waals surface area contributed by atoms with Gasteiger partial charge in [0.1, 0.15) is 0 Å². The fourth-order valence-corrected chi connectivity index (χ4v) is 0.138. The van der Waals surface area contributed by atoms with Crippen LogP contribution in [0.5, 0.6) is 0 Å². The first-order chi connectivity index (χ1) is 3.27. The summed E-state index contributed by atoms with van der Waals surface area (Å²) in [7, 11) is 0. The summed E-state index contributed by atoms with van der Waals surface area (Å²) in [6.07, 6.45) is 4.76. The molecule has 7 heavy (non-hydrogen) atoms. The second-order valence-corrected chi connectivity index (χ2v) is 0.922. The molecule has 0 aliphatic carbocycles. The van der Waals surface area contributed by atoms with E-state index in [9.17, 15) is 4.79 Å². The van der Waals surface area contributed by atoms with E-state index in [4.69, 9.17) is 6.42 Å². The number of rotatable bonds is 1. The van der Waals surface area contributed by atoms with Gasteiger partial charge in [-0.15, -0.1) is 6.42 Å². The van der Waals surface area contributed by atoms with Gasteiger partial charge in [0.25, 0.3) is 0 Å². The van der Waals surface area contributed by atoms with Crippen LogP contribution in [0.15, 0.2) is 0 Å². The van der Waals surface area contributed by atoms with Crippen LogP contribution in [0.1, 0.15) is 0 Å². The number of hydrogen-bond donors (Lipinski definition) is 2. The van der Waals surface area contributed by atoms with E-state index in [1.807, 2.05) is 0 Å². The van der Waals surface area contributed by atoms with E-state index in [-0.39, 0.29) is 6.54 Å². The van der Waals surface area contributed by atoms with Crippen molar-refractivity contribution in [2.24, 2.45) is 5.73 Å². The Hall–Kier alpha value is -1.17. The van der Waals surface area contributed by atoms with Crippen LogP contribution in [0.3, 0.4) is 0 Å². The van der Waals surface area contributed by atoms with E-state index < -0.39 is 6.03 Å². The Morgan fingerprint density at radius 2 is 2.57 bits per heavy atom. The SMILES string of the molecule is C#CCNC(N)=O. The average Bonchev–Trinajstić information content (AvgIpc) is 1.61. The van der Waals surface area contributed by atoms with Crippen LogP contribution >= 0.6 is 0 Å². The van der Waals surface area contributed by atoms with Gasteiger partial charge in [-0.2, -0.15) is 0 Å². The van der Waals surface area contributed by atoms with Gasteiger partial charge >= 0.3 is 6.03 Å². The Balaban J connectivity index is 3.02. The molecule has 0 radical (unpaired) electrons. The molecule has 0 aliphatic rings. The molecule has 0 aliphatic heterocycles. The molecule has 0 saturated carbocycles. The monoisotopic (exact) mass is 98.0 g/mol. The van der Waals surface area contributed by atoms with Gasteiger partial charge in [0.05, 0.1) is 6.54 Å². The van der Waals surface area contributed by atoms with Gasteiger partial charge in [0.15, 0.2) is 0 Å². The topological polar surface area (TPSA) is 55.1 Å². The van der Waals surface area contributed by atoms with Crippen LogP contribution < -0.4 is 11.1 Å². The van der Waals surface area contributed by atoms with Crippen LogP contribution in [0.25, 0.3) is 0 Å². The smallest absolute Gasteiger partial charge is 0.312 e. The molecule has 0 fully saturated rings. The van der Waals surface area contributed by atoms with E-state index in [2.05, 4.69) is 17.0 Å². The van der Waals surface area contributed by atoms with Crippen molar-refractivity contribution in [3.63, 3.8) is 0 Å². The molecule has 0 aromatic carbocycles. The maximum absolute atomic E-state index is 9.77. The molecule has 0 atom stereocenters. The van der Waals surface area contributed by atoms with Gasteiger partial charge in [0, 0.05) is 0 Å². The second kappa shape index (κ2) is 3.04. The summed E-state index contributed by atoms with van der Waals surface area (Å²) >= 11 is 0. The summed E-state index contributed by atoms with van der Waals surface area (Å²) in [5.41, 5.74) is 4.63. The molecule has 3 heteroatoms. The van der Waals surface area contributed by atoms with E-state index >= 15 is 0 Å². The zero-order valence-corrected chi connectivity index (χ0v) is 3.77. The highest BCUT2D eigenvalue weighted by atomic mass is 16.2. The molecule has 2 amide bonds. The van der Waals surface area contributed by atoms with Gasteiger partial charge in [-0.1, -0.05) is 5.92 Å². The highest BCUT2D eigenvalue weighted by Gasteiger charge is 1.81. The van der Waals surface area contributed by atoms with Crippen LogP contribution in [-0.4, -0.2) is 12.6 Å². The van der Waals surface area contributed by atoms with Crippen molar-refractivity contribution < 1.29 is 4.79 Å². The number of amides is 2. The highest BCUT2D eigenvalue weighted by molar-refractivity contribution is 5.71. The molecule has 3 nitrogen and oxygen atoms in total. The third kappa shape index (κ3) is 4.83. The van der Waals surface area contributed by atoms with E-state index in [0.29, 0.717) is 0 Å². The van der Waals surface area contributed by atoms with Gasteiger partial charge in [0.2, 0.25) is 0 Å². The van der Waals surface area contributed by atoms with Crippen molar-refractivity contribution in [3.05, 3.63) is 0 Å². The normalized spacial score (nSPS) is 6.71. The Bertz CT molecular complexity index is 103. The summed E-state index contributed by atoms with van der Waals surface area (Å²) in [5.74, 6) is 2.19. The van der Waals surface area contributed by atoms with Gasteiger partial charge in [-0.3, -0.25) is 0 Å². The van der Waals surface area contributed by atoms with Crippen molar-refractivity contribution in [2.45, 2.75) is 0 Å². The lowest BCUT2D eigenvalue weighted by atomic mass is 10.7. The van der Waals surface area contributed by atoms with Crippen molar-refractivity contribution in [1.82, 2.24) is 5.32 Å². The first-order valence-corrected chi connectivity index (χ1v) is 1.74. The number of carbonyl (C=O) groups excluding carboxylic acids is 1. The molecule has 0 spiro atoms. The molecule has 0 aromatic heterocycles. The third-order valence-corrected chi connectivity index (χ3v) is 0.365. The lowest BCUT2D eigenvalue weighted by Gasteiger charge is -1.88. The zero-order chi connectivity index (χ0) is 5.70. The Labute approximate surface area is 41.9 Å². The van der Waals surface area contributed by atoms with Crippen molar-refractivity contribution in [2.75, 3.05) is 6.54 Å². The predicted octanol–water partition coefficient (Wildman–Crippen LogP) is -0.712. The Kier molecular flexibility index (Phi) is 2.53. The lowest BCUT2D eigenvalue weighted by molar-refractivity contribution is 0.250. The van der Waals surface area contributed by atoms with E-state index in [1.54, 1.807) is 0 Å². The van der Waals surface area contributed by atoms with Crippen LogP contribution in [0.2, 0.25) is 0 Å². The Morgan fingerprint density at radius 1 is 2.00 bits per heavy atom. The summed E-state index contributed by atoms with van der Waals surface area (Å²) in [6, 6.07) is -0.585. The largest absolute Gasteiger partial charge is 0.352 e. The Morgan fingerprint density at radius 3 is 2.71 bits per heavy atom. The van der Waals surface area contributed by atoms with Crippen LogP contribution in [0, 0.1) is 12.3 Å². The number of hydrogen-bond acceptors (Lipinski definition) is 1. The molecule has 3 N–H and O–H groups in total. The maximum atomic E-state index is 9.77. The molecule has 0 aromatic rings. The first-order valence-electron chi connectivity index (χ1n) is 1.74. The predicted molar refractivity (Wildman–Crippen MR) is 26.4 cm³/mol. The molecule has 38 valence electrons. The molecule has 0 saturated heterocycles. The molecular weight excluding hydrogens is 92.1 g/mol. The molecule has 0 unspecified atom stereocenters. The summed E-state index contributed by atoms with van der Waals surface area (Å²) < 4.78 is 0. The zero-order valence-electron chi connectivity index (χ0n) is 3.77. The average molecular weight is 98.1 g/mol. The molecule has 0 heterocycles. The summed E-state index contributed by atoms with van der Waals surface area (Å²) in [4.78, 5) is 9.77. The summed E-state index contributed by atoms with van der Waals surface area (Å²) in [5, 5.41) is 2.20. The van der Waals surface area contributed by atoms with Crippen molar-refractivity contribution in [1.29, 1.82) is 0 Å². The number of carbonyl (C=O) groups is 1. The number of nitrogens with one attached hydrogen (secondary N) is 1. The quantitative estimate of drug-likeness (QED) is 0.418. The third-order valence-electron chi connectivity index (χ3n) is 0.365. The van der Waals surface area contributed by atoms with E-state index in [0.717, 1.165) is 0 Å². The lowest BCUT2D eigenvalue weighted by Crippen LogP contribution is -2.29. The van der Waals surface area contributed by atoms with Gasteiger partial charge < -0.3 is 11.1 Å². The first kappa shape index (κ1) is 5.83. The van der Waals surface area contributed by atoms with Crippen LogP contribution in [-0.2, 0) is 0 Å². The molecule has 0 bridgehead atoms. The molecule has 0 rings (SSSR count). The fraction of sp³-hybridized carbons (Fsp3) is 0.250. The summed E-state index contributed by atoms with van der Waals surface area (Å²) in [6.45, 7) is 0.204. The van der Waals surface area contributed by atoms with Crippen molar-refractivity contribution in [3.8, 4) is 12.3 Å². The molecular formula is C4H6N2O. The minimum absolute atomic E-state index is 0.204. The van der Waals surface area contributed by atoms with Crippen molar-refractivity contribution >= 4 is 6.03 Å². The standard InChI is InChI=1S/C4H6N2O/c1-2-3-6-4(5)7/h1H,3H2,(H3,5,6,7). The van der Waals surface area contributed by atoms with Gasteiger partial charge in [-0.25, -0.2) is 4.79 Å². The number of terminal acetylenes is 1. The number of primary amides is 1. The maximum Gasteiger partial charge on any atom is 0.312 e. The second-order valence-electron chi connectivity index (χ2n) is 0.922. The highest BCUT2D eigenvalue weighted by Crippen LogP contribution is 1.50. The number of nitrogens with two attached hydrogens (primary N) is 1. The van der Waals surface area contributed by atoms with E-state index in [1.165, 1.54) is 0 Å². The number of urea groups is 1. The minimum Gasteiger partial charge on any atom is -0.352 e. The fourth-order valence-electron chi connectivity index (χ4n) is 0.138.